The second kappa shape index (κ2) is 11.7. The van der Waals surface area contributed by atoms with Gasteiger partial charge in [0.05, 0.1) is 38.0 Å². The maximum Gasteiger partial charge on any atom is 0.277 e. The lowest BCUT2D eigenvalue weighted by Gasteiger charge is -2.25. The Bertz CT molecular complexity index is 736. The van der Waals surface area contributed by atoms with Gasteiger partial charge in [-0.05, 0) is 31.5 Å². The first-order valence-corrected chi connectivity index (χ1v) is 10.0. The molecule has 2 rings (SSSR count). The summed E-state index contributed by atoms with van der Waals surface area (Å²) < 4.78 is 21.2. The van der Waals surface area contributed by atoms with Crippen LogP contribution >= 0.6 is 0 Å². The zero-order valence-corrected chi connectivity index (χ0v) is 18.5. The summed E-state index contributed by atoms with van der Waals surface area (Å²) in [6, 6.07) is 7.24. The fourth-order valence-electron chi connectivity index (χ4n) is 3.21. The van der Waals surface area contributed by atoms with Gasteiger partial charge in [-0.1, -0.05) is 12.1 Å². The summed E-state index contributed by atoms with van der Waals surface area (Å²) in [5, 5.41) is 0. The Hall–Kier alpha value is -2.42. The number of hydrogen-bond acceptors (Lipinski definition) is 7. The summed E-state index contributed by atoms with van der Waals surface area (Å²) in [7, 11) is 4.74. The molecule has 0 radical (unpaired) electrons. The minimum Gasteiger partial charge on any atom is -0.491 e. The Balaban J connectivity index is 2.47. The molecular formula is C22H32N2O6. The van der Waals surface area contributed by atoms with E-state index in [1.807, 2.05) is 43.0 Å². The first-order chi connectivity index (χ1) is 14.4. The largest absolute Gasteiger partial charge is 0.491 e. The molecule has 0 saturated carbocycles. The third-order valence-electron chi connectivity index (χ3n) is 4.62. The maximum atomic E-state index is 13.2. The van der Waals surface area contributed by atoms with Gasteiger partial charge in [0.25, 0.3) is 11.8 Å². The molecule has 0 N–H and O–H groups in total. The highest BCUT2D eigenvalue weighted by Gasteiger charge is 2.41. The Morgan fingerprint density at radius 3 is 1.93 bits per heavy atom. The van der Waals surface area contributed by atoms with E-state index in [0.717, 1.165) is 0 Å². The van der Waals surface area contributed by atoms with E-state index in [2.05, 4.69) is 0 Å². The molecule has 0 fully saturated rings. The van der Waals surface area contributed by atoms with Gasteiger partial charge < -0.3 is 23.8 Å². The van der Waals surface area contributed by atoms with Gasteiger partial charge in [0.1, 0.15) is 11.4 Å². The van der Waals surface area contributed by atoms with E-state index in [1.54, 1.807) is 14.2 Å². The molecule has 1 aromatic rings. The van der Waals surface area contributed by atoms with E-state index in [9.17, 15) is 9.59 Å². The average molecular weight is 421 g/mol. The van der Waals surface area contributed by atoms with Crippen molar-refractivity contribution in [2.24, 2.45) is 0 Å². The minimum atomic E-state index is -0.332. The standard InChI is InChI=1S/C22H32N2O6/c1-16(2)30-18-8-6-17(7-9-18)19-20(23(10-13-27-3)11-14-28-4)22(26)24(21(19)25)12-15-29-5/h6-9,16H,10-15H2,1-5H3. The monoisotopic (exact) mass is 420 g/mol. The number of rotatable bonds is 13. The van der Waals surface area contributed by atoms with Crippen molar-refractivity contribution in [1.82, 2.24) is 9.80 Å². The Labute approximate surface area is 178 Å². The normalized spacial score (nSPS) is 14.3. The van der Waals surface area contributed by atoms with Gasteiger partial charge >= 0.3 is 0 Å². The van der Waals surface area contributed by atoms with Crippen molar-refractivity contribution < 1.29 is 28.5 Å². The predicted octanol–water partition coefficient (Wildman–Crippen LogP) is 1.79. The van der Waals surface area contributed by atoms with Gasteiger partial charge in [0, 0.05) is 34.4 Å². The van der Waals surface area contributed by atoms with Crippen molar-refractivity contribution in [3.8, 4) is 5.75 Å². The molecule has 1 aromatic carbocycles. The third kappa shape index (κ3) is 5.81. The molecule has 1 aliphatic heterocycles. The molecule has 0 unspecified atom stereocenters. The van der Waals surface area contributed by atoms with Gasteiger partial charge in [-0.2, -0.15) is 0 Å². The van der Waals surface area contributed by atoms with E-state index in [4.69, 9.17) is 18.9 Å². The second-order valence-electron chi connectivity index (χ2n) is 7.14. The Kier molecular flexibility index (Phi) is 9.29. The number of carbonyl (C=O) groups is 2. The third-order valence-corrected chi connectivity index (χ3v) is 4.62. The average Bonchev–Trinajstić information content (AvgIpc) is 2.97. The number of amides is 2. The summed E-state index contributed by atoms with van der Waals surface area (Å²) in [5.41, 5.74) is 1.40. The van der Waals surface area contributed by atoms with Crippen LogP contribution in [0.1, 0.15) is 19.4 Å². The van der Waals surface area contributed by atoms with Crippen molar-refractivity contribution in [3.63, 3.8) is 0 Å². The molecule has 1 heterocycles. The smallest absolute Gasteiger partial charge is 0.277 e. The van der Waals surface area contributed by atoms with Gasteiger partial charge in [0.2, 0.25) is 0 Å². The molecule has 0 atom stereocenters. The molecule has 0 spiro atoms. The lowest BCUT2D eigenvalue weighted by molar-refractivity contribution is -0.138. The fraction of sp³-hybridized carbons (Fsp3) is 0.545. The fourth-order valence-corrected chi connectivity index (χ4v) is 3.21. The molecule has 166 valence electrons. The number of methoxy groups -OCH3 is 3. The Morgan fingerprint density at radius 1 is 0.867 bits per heavy atom. The summed E-state index contributed by atoms with van der Waals surface area (Å²) in [6.45, 7) is 6.13. The van der Waals surface area contributed by atoms with Crippen molar-refractivity contribution in [2.75, 3.05) is 60.8 Å². The highest BCUT2D eigenvalue weighted by molar-refractivity contribution is 6.35. The molecule has 1 aliphatic rings. The Morgan fingerprint density at radius 2 is 1.43 bits per heavy atom. The van der Waals surface area contributed by atoms with Gasteiger partial charge in [-0.15, -0.1) is 0 Å². The zero-order chi connectivity index (χ0) is 22.1. The SMILES string of the molecule is COCCN(CCOC)C1=C(c2ccc(OC(C)C)cc2)C(=O)N(CCOC)C1=O. The number of imide groups is 1. The highest BCUT2D eigenvalue weighted by atomic mass is 16.5. The summed E-state index contributed by atoms with van der Waals surface area (Å²) in [6.07, 6.45) is 0.0448. The van der Waals surface area contributed by atoms with E-state index >= 15 is 0 Å². The number of nitrogens with zero attached hydrogens (tertiary/aromatic N) is 2. The molecule has 0 bridgehead atoms. The quantitative estimate of drug-likeness (QED) is 0.450. The van der Waals surface area contributed by atoms with Gasteiger partial charge in [-0.3, -0.25) is 14.5 Å². The number of ether oxygens (including phenoxy) is 4. The molecule has 2 amide bonds. The first-order valence-electron chi connectivity index (χ1n) is 10.0. The topological polar surface area (TPSA) is 77.5 Å². The van der Waals surface area contributed by atoms with E-state index < -0.39 is 0 Å². The highest BCUT2D eigenvalue weighted by Crippen LogP contribution is 2.32. The molecule has 0 aromatic heterocycles. The molecular weight excluding hydrogens is 388 g/mol. The van der Waals surface area contributed by atoms with Crippen molar-refractivity contribution in [2.45, 2.75) is 20.0 Å². The molecule has 30 heavy (non-hydrogen) atoms. The van der Waals surface area contributed by atoms with Crippen LogP contribution in [-0.4, -0.2) is 88.5 Å². The summed E-state index contributed by atoms with van der Waals surface area (Å²) in [4.78, 5) is 29.5. The zero-order valence-electron chi connectivity index (χ0n) is 18.5. The summed E-state index contributed by atoms with van der Waals surface area (Å²) in [5.74, 6) is 0.0470. The molecule has 0 saturated heterocycles. The first kappa shape index (κ1) is 23.9. The van der Waals surface area contributed by atoms with Crippen molar-refractivity contribution in [1.29, 1.82) is 0 Å². The molecule has 0 aliphatic carbocycles. The maximum absolute atomic E-state index is 13.2. The van der Waals surface area contributed by atoms with Gasteiger partial charge in [-0.25, -0.2) is 0 Å². The van der Waals surface area contributed by atoms with E-state index in [-0.39, 0.29) is 31.1 Å². The predicted molar refractivity (Wildman–Crippen MR) is 113 cm³/mol. The van der Waals surface area contributed by atoms with Crippen molar-refractivity contribution >= 4 is 17.4 Å². The molecule has 8 heteroatoms. The lowest BCUT2D eigenvalue weighted by atomic mass is 10.0. The number of benzene rings is 1. The van der Waals surface area contributed by atoms with E-state index in [1.165, 1.54) is 12.0 Å². The van der Waals surface area contributed by atoms with Crippen LogP contribution < -0.4 is 4.74 Å². The van der Waals surface area contributed by atoms with Crippen molar-refractivity contribution in [3.05, 3.63) is 35.5 Å². The summed E-state index contributed by atoms with van der Waals surface area (Å²) >= 11 is 0. The van der Waals surface area contributed by atoms with Crippen LogP contribution in [0.2, 0.25) is 0 Å². The van der Waals surface area contributed by atoms with Crippen LogP contribution in [0.15, 0.2) is 30.0 Å². The van der Waals surface area contributed by atoms with Gasteiger partial charge in [0.15, 0.2) is 0 Å². The number of carbonyl (C=O) groups excluding carboxylic acids is 2. The van der Waals surface area contributed by atoms with Crippen LogP contribution in [0.5, 0.6) is 5.75 Å². The minimum absolute atomic E-state index is 0.0448. The number of hydrogen-bond donors (Lipinski definition) is 0. The van der Waals surface area contributed by atoms with E-state index in [0.29, 0.717) is 48.9 Å². The van der Waals surface area contributed by atoms with Crippen LogP contribution in [0.3, 0.4) is 0 Å². The van der Waals surface area contributed by atoms with Crippen LogP contribution in [0.25, 0.3) is 5.57 Å². The van der Waals surface area contributed by atoms with Crippen LogP contribution in [-0.2, 0) is 23.8 Å². The lowest BCUT2D eigenvalue weighted by Crippen LogP contribution is -2.39. The second-order valence-corrected chi connectivity index (χ2v) is 7.14. The van der Waals surface area contributed by atoms with Crippen LogP contribution in [0, 0.1) is 0 Å². The molecule has 8 nitrogen and oxygen atoms in total. The van der Waals surface area contributed by atoms with Crippen LogP contribution in [0.4, 0.5) is 0 Å².